The molecular formula is C24H24N6O2. The number of benzene rings is 2. The molecule has 0 bridgehead atoms. The van der Waals surface area contributed by atoms with Gasteiger partial charge in [-0.2, -0.15) is 5.10 Å². The van der Waals surface area contributed by atoms with E-state index in [9.17, 15) is 9.59 Å². The maximum absolute atomic E-state index is 13.2. The van der Waals surface area contributed by atoms with Crippen LogP contribution in [0.4, 0.5) is 5.69 Å². The smallest absolute Gasteiger partial charge is 0.276 e. The van der Waals surface area contributed by atoms with Crippen LogP contribution >= 0.6 is 0 Å². The molecule has 1 N–H and O–H groups in total. The maximum atomic E-state index is 13.2. The minimum atomic E-state index is -0.361. The topological polar surface area (TPSA) is 94.7 Å². The Morgan fingerprint density at radius 1 is 1.03 bits per heavy atom. The highest BCUT2D eigenvalue weighted by atomic mass is 16.2. The molecule has 4 aromatic rings. The third-order valence-electron chi connectivity index (χ3n) is 5.87. The highest BCUT2D eigenvalue weighted by Crippen LogP contribution is 2.25. The van der Waals surface area contributed by atoms with Crippen LogP contribution in [0.25, 0.3) is 22.2 Å². The molecular weight excluding hydrogens is 404 g/mol. The van der Waals surface area contributed by atoms with Crippen molar-refractivity contribution in [3.63, 3.8) is 0 Å². The van der Waals surface area contributed by atoms with Crippen molar-refractivity contribution in [3.05, 3.63) is 70.4 Å². The molecule has 2 aromatic carbocycles. The Bertz CT molecular complexity index is 1370. The number of fused-ring (bicyclic) bond motifs is 2. The van der Waals surface area contributed by atoms with Crippen molar-refractivity contribution in [1.29, 1.82) is 0 Å². The first-order chi connectivity index (χ1) is 15.7. The largest absolute Gasteiger partial charge is 0.321 e. The molecule has 1 aliphatic heterocycles. The molecule has 2 aromatic heterocycles. The van der Waals surface area contributed by atoms with Crippen LogP contribution in [-0.2, 0) is 19.5 Å². The first-order valence-corrected chi connectivity index (χ1v) is 11.0. The fourth-order valence-corrected chi connectivity index (χ4v) is 4.24. The molecule has 8 heteroatoms. The lowest BCUT2D eigenvalue weighted by Gasteiger charge is -2.11. The summed E-state index contributed by atoms with van der Waals surface area (Å²) in [7, 11) is 0. The summed E-state index contributed by atoms with van der Waals surface area (Å²) in [6.07, 6.45) is 4.38. The van der Waals surface area contributed by atoms with E-state index in [4.69, 9.17) is 0 Å². The third-order valence-corrected chi connectivity index (χ3v) is 5.87. The number of rotatable bonds is 4. The summed E-state index contributed by atoms with van der Waals surface area (Å²) in [5.74, 6) is 1.48. The van der Waals surface area contributed by atoms with E-state index in [0.29, 0.717) is 23.0 Å². The molecule has 1 amide bonds. The van der Waals surface area contributed by atoms with Gasteiger partial charge in [-0.3, -0.25) is 9.59 Å². The number of amides is 1. The molecule has 162 valence electrons. The van der Waals surface area contributed by atoms with E-state index in [0.717, 1.165) is 43.0 Å². The fourth-order valence-electron chi connectivity index (χ4n) is 4.24. The molecule has 0 saturated carbocycles. The Kier molecular flexibility index (Phi) is 5.26. The summed E-state index contributed by atoms with van der Waals surface area (Å²) in [6, 6.07) is 14.7. The lowest BCUT2D eigenvalue weighted by atomic mass is 10.1. The maximum Gasteiger partial charge on any atom is 0.276 e. The van der Waals surface area contributed by atoms with Gasteiger partial charge in [0.25, 0.3) is 11.5 Å². The second-order valence-corrected chi connectivity index (χ2v) is 7.95. The van der Waals surface area contributed by atoms with Crippen molar-refractivity contribution in [1.82, 2.24) is 24.5 Å². The molecule has 0 atom stereocenters. The van der Waals surface area contributed by atoms with Crippen molar-refractivity contribution in [2.75, 3.05) is 5.32 Å². The molecule has 3 heterocycles. The van der Waals surface area contributed by atoms with E-state index < -0.39 is 0 Å². The van der Waals surface area contributed by atoms with Crippen LogP contribution in [0, 0.1) is 0 Å². The predicted octanol–water partition coefficient (Wildman–Crippen LogP) is 3.65. The number of aromatic nitrogens is 5. The monoisotopic (exact) mass is 428 g/mol. The normalized spacial score (nSPS) is 13.5. The molecule has 0 fully saturated rings. The van der Waals surface area contributed by atoms with Crippen molar-refractivity contribution < 1.29 is 4.79 Å². The van der Waals surface area contributed by atoms with Crippen molar-refractivity contribution in [2.45, 2.75) is 45.7 Å². The highest BCUT2D eigenvalue weighted by molar-refractivity contribution is 6.11. The number of carbonyl (C=O) groups is 1. The second kappa shape index (κ2) is 8.37. The van der Waals surface area contributed by atoms with Gasteiger partial charge in [-0.05, 0) is 38.0 Å². The van der Waals surface area contributed by atoms with Gasteiger partial charge in [0.15, 0.2) is 11.5 Å². The van der Waals surface area contributed by atoms with E-state index in [1.807, 2.05) is 31.2 Å². The molecule has 0 aliphatic carbocycles. The number of hydrogen-bond donors (Lipinski definition) is 1. The minimum absolute atomic E-state index is 0.200. The van der Waals surface area contributed by atoms with Crippen LogP contribution in [0.2, 0.25) is 0 Å². The Balaban J connectivity index is 1.49. The summed E-state index contributed by atoms with van der Waals surface area (Å²) in [5.41, 5.74) is 1.57. The number of anilines is 1. The van der Waals surface area contributed by atoms with Gasteiger partial charge in [0.05, 0.1) is 5.39 Å². The summed E-state index contributed by atoms with van der Waals surface area (Å²) >= 11 is 0. The van der Waals surface area contributed by atoms with Crippen LogP contribution in [0.5, 0.6) is 0 Å². The molecule has 0 unspecified atom stereocenters. The van der Waals surface area contributed by atoms with Crippen molar-refractivity contribution in [3.8, 4) is 11.4 Å². The number of nitrogens with zero attached hydrogens (tertiary/aromatic N) is 5. The first-order valence-electron chi connectivity index (χ1n) is 11.0. The van der Waals surface area contributed by atoms with Gasteiger partial charge in [0.2, 0.25) is 0 Å². The number of hydrogen-bond acceptors (Lipinski definition) is 5. The van der Waals surface area contributed by atoms with Crippen LogP contribution in [-0.4, -0.2) is 30.5 Å². The van der Waals surface area contributed by atoms with Gasteiger partial charge >= 0.3 is 0 Å². The zero-order valence-corrected chi connectivity index (χ0v) is 17.9. The number of aryl methyl sites for hydroxylation is 2. The van der Waals surface area contributed by atoms with E-state index in [-0.39, 0.29) is 17.2 Å². The third kappa shape index (κ3) is 3.57. The lowest BCUT2D eigenvalue weighted by Crippen LogP contribution is -2.27. The number of nitrogens with one attached hydrogen (secondary N) is 1. The summed E-state index contributed by atoms with van der Waals surface area (Å²) in [6.45, 7) is 3.12. The summed E-state index contributed by atoms with van der Waals surface area (Å²) in [4.78, 5) is 25.7. The quantitative estimate of drug-likeness (QED) is 0.535. The number of carbonyl (C=O) groups excluding carboxylic acids is 1. The Hall–Kier alpha value is -3.81. The van der Waals surface area contributed by atoms with Gasteiger partial charge in [-0.25, -0.2) is 4.68 Å². The molecule has 32 heavy (non-hydrogen) atoms. The summed E-state index contributed by atoms with van der Waals surface area (Å²) < 4.78 is 3.50. The van der Waals surface area contributed by atoms with E-state index >= 15 is 0 Å². The second-order valence-electron chi connectivity index (χ2n) is 7.95. The zero-order chi connectivity index (χ0) is 22.1. The predicted molar refractivity (Wildman–Crippen MR) is 123 cm³/mol. The van der Waals surface area contributed by atoms with Gasteiger partial charge < -0.3 is 9.88 Å². The van der Waals surface area contributed by atoms with Gasteiger partial charge in [0.1, 0.15) is 5.82 Å². The van der Waals surface area contributed by atoms with E-state index in [1.165, 1.54) is 11.1 Å². The van der Waals surface area contributed by atoms with E-state index in [1.54, 1.807) is 24.3 Å². The van der Waals surface area contributed by atoms with Crippen LogP contribution in [0.1, 0.15) is 42.5 Å². The highest BCUT2D eigenvalue weighted by Gasteiger charge is 2.18. The lowest BCUT2D eigenvalue weighted by molar-refractivity contribution is 0.102. The molecule has 0 saturated heterocycles. The van der Waals surface area contributed by atoms with Crippen LogP contribution in [0.15, 0.2) is 53.3 Å². The standard InChI is InChI=1S/C24H24N6O2/c1-2-30-24(32)19-12-6-5-11-18(19)21(28-30)23(31)25-17-10-8-9-16(15-17)22-27-26-20-13-4-3-7-14-29(20)22/h5-6,8-12,15H,2-4,7,13-14H2,1H3,(H,25,31). The Morgan fingerprint density at radius 3 is 2.72 bits per heavy atom. The Labute approximate surface area is 184 Å². The SMILES string of the molecule is CCn1nc(C(=O)Nc2cccc(-c3nnc4n3CCCCC4)c2)c2ccccc2c1=O. The van der Waals surface area contributed by atoms with Crippen molar-refractivity contribution in [2.24, 2.45) is 0 Å². The first kappa shape index (κ1) is 20.1. The molecule has 0 radical (unpaired) electrons. The average molecular weight is 428 g/mol. The van der Waals surface area contributed by atoms with Gasteiger partial charge in [0, 0.05) is 36.1 Å². The molecule has 8 nitrogen and oxygen atoms in total. The van der Waals surface area contributed by atoms with E-state index in [2.05, 4.69) is 25.2 Å². The Morgan fingerprint density at radius 2 is 1.88 bits per heavy atom. The minimum Gasteiger partial charge on any atom is -0.321 e. The fraction of sp³-hybridized carbons (Fsp3) is 0.292. The molecule has 0 spiro atoms. The molecule has 1 aliphatic rings. The van der Waals surface area contributed by atoms with Crippen molar-refractivity contribution >= 4 is 22.4 Å². The van der Waals surface area contributed by atoms with Gasteiger partial charge in [-0.15, -0.1) is 10.2 Å². The summed E-state index contributed by atoms with van der Waals surface area (Å²) in [5, 5.41) is 17.1. The van der Waals surface area contributed by atoms with Crippen LogP contribution in [0.3, 0.4) is 0 Å². The molecule has 5 rings (SSSR count). The van der Waals surface area contributed by atoms with Crippen LogP contribution < -0.4 is 10.9 Å². The zero-order valence-electron chi connectivity index (χ0n) is 17.9. The average Bonchev–Trinajstić information content (AvgIpc) is 3.08. The van der Waals surface area contributed by atoms with Gasteiger partial charge in [-0.1, -0.05) is 36.8 Å².